The summed E-state index contributed by atoms with van der Waals surface area (Å²) in [6.07, 6.45) is 3.57. The van der Waals surface area contributed by atoms with Crippen molar-refractivity contribution in [2.24, 2.45) is 5.73 Å². The van der Waals surface area contributed by atoms with E-state index in [9.17, 15) is 4.79 Å². The van der Waals surface area contributed by atoms with Gasteiger partial charge >= 0.3 is 5.97 Å². The van der Waals surface area contributed by atoms with Crippen molar-refractivity contribution in [3.63, 3.8) is 0 Å². The van der Waals surface area contributed by atoms with Crippen molar-refractivity contribution in [1.29, 1.82) is 0 Å². The zero-order chi connectivity index (χ0) is 13.1. The van der Waals surface area contributed by atoms with Gasteiger partial charge in [-0.2, -0.15) is 0 Å². The summed E-state index contributed by atoms with van der Waals surface area (Å²) < 4.78 is 4.80. The normalized spacial score (nSPS) is 30.6. The molecule has 4 nitrogen and oxygen atoms in total. The molecule has 3 atom stereocenters. The van der Waals surface area contributed by atoms with Gasteiger partial charge in [0.25, 0.3) is 0 Å². The molecule has 1 fully saturated rings. The van der Waals surface area contributed by atoms with E-state index in [0.717, 1.165) is 32.2 Å². The number of methoxy groups -OCH3 is 1. The summed E-state index contributed by atoms with van der Waals surface area (Å²) in [6, 6.07) is 0.962. The highest BCUT2D eigenvalue weighted by Gasteiger charge is 2.44. The Kier molecular flexibility index (Phi) is 4.95. The Balaban J connectivity index is 2.68. The summed E-state index contributed by atoms with van der Waals surface area (Å²) in [5, 5.41) is 0. The first-order valence-corrected chi connectivity index (χ1v) is 6.61. The largest absolute Gasteiger partial charge is 0.468 e. The van der Waals surface area contributed by atoms with E-state index in [4.69, 9.17) is 10.5 Å². The van der Waals surface area contributed by atoms with E-state index in [1.165, 1.54) is 7.11 Å². The molecule has 1 saturated carbocycles. The molecular formula is C13H26N2O2. The molecule has 0 aromatic carbocycles. The van der Waals surface area contributed by atoms with Crippen LogP contribution < -0.4 is 5.73 Å². The number of ether oxygens (including phenoxy) is 1. The molecule has 2 N–H and O–H groups in total. The molecule has 4 heteroatoms. The first-order valence-electron chi connectivity index (χ1n) is 6.61. The van der Waals surface area contributed by atoms with Gasteiger partial charge in [-0.15, -0.1) is 0 Å². The van der Waals surface area contributed by atoms with E-state index in [1.807, 2.05) is 0 Å². The molecule has 1 aliphatic carbocycles. The van der Waals surface area contributed by atoms with Gasteiger partial charge in [-0.05, 0) is 39.2 Å². The Morgan fingerprint density at radius 2 is 2.24 bits per heavy atom. The second-order valence-corrected chi connectivity index (χ2v) is 5.13. The van der Waals surface area contributed by atoms with E-state index in [1.54, 1.807) is 0 Å². The van der Waals surface area contributed by atoms with Crippen LogP contribution in [0.4, 0.5) is 0 Å². The summed E-state index contributed by atoms with van der Waals surface area (Å²) in [7, 11) is 1.41. The van der Waals surface area contributed by atoms with E-state index >= 15 is 0 Å². The van der Waals surface area contributed by atoms with Crippen molar-refractivity contribution in [2.75, 3.05) is 13.7 Å². The quantitative estimate of drug-likeness (QED) is 0.743. The molecule has 100 valence electrons. The molecule has 0 amide bonds. The lowest BCUT2D eigenvalue weighted by molar-refractivity contribution is -0.147. The molecule has 0 saturated heterocycles. The highest BCUT2D eigenvalue weighted by molar-refractivity contribution is 5.81. The molecule has 0 radical (unpaired) electrons. The van der Waals surface area contributed by atoms with Crippen LogP contribution in [0.1, 0.15) is 46.5 Å². The summed E-state index contributed by atoms with van der Waals surface area (Å²) >= 11 is 0. The van der Waals surface area contributed by atoms with Gasteiger partial charge in [0.1, 0.15) is 5.54 Å². The molecule has 1 rings (SSSR count). The Morgan fingerprint density at radius 1 is 1.59 bits per heavy atom. The molecule has 17 heavy (non-hydrogen) atoms. The van der Waals surface area contributed by atoms with Gasteiger partial charge in [0.2, 0.25) is 0 Å². The maximum Gasteiger partial charge on any atom is 0.325 e. The number of nitrogens with two attached hydrogens (primary N) is 1. The predicted octanol–water partition coefficient (Wildman–Crippen LogP) is 1.53. The second kappa shape index (κ2) is 5.83. The van der Waals surface area contributed by atoms with Crippen LogP contribution in [0.25, 0.3) is 0 Å². The fourth-order valence-corrected chi connectivity index (χ4v) is 2.88. The van der Waals surface area contributed by atoms with E-state index in [-0.39, 0.29) is 5.97 Å². The maximum atomic E-state index is 11.7. The minimum Gasteiger partial charge on any atom is -0.468 e. The Hall–Kier alpha value is -0.610. The number of hydrogen-bond acceptors (Lipinski definition) is 4. The van der Waals surface area contributed by atoms with Crippen molar-refractivity contribution in [3.05, 3.63) is 0 Å². The second-order valence-electron chi connectivity index (χ2n) is 5.13. The van der Waals surface area contributed by atoms with Gasteiger partial charge < -0.3 is 10.5 Å². The van der Waals surface area contributed by atoms with Gasteiger partial charge in [-0.25, -0.2) is 0 Å². The van der Waals surface area contributed by atoms with Gasteiger partial charge in [0.05, 0.1) is 7.11 Å². The standard InChI is InChI=1S/C13H26N2O2/c1-5-10(3)15(6-2)11-7-8-13(14,9-11)12(16)17-4/h10-11H,5-9,14H2,1-4H3. The number of rotatable bonds is 5. The van der Waals surface area contributed by atoms with Crippen LogP contribution in [0.15, 0.2) is 0 Å². The Labute approximate surface area is 104 Å². The van der Waals surface area contributed by atoms with Crippen LogP contribution in [-0.4, -0.2) is 42.1 Å². The average molecular weight is 242 g/mol. The van der Waals surface area contributed by atoms with Crippen LogP contribution >= 0.6 is 0 Å². The number of esters is 1. The third-order valence-electron chi connectivity index (χ3n) is 4.11. The van der Waals surface area contributed by atoms with Crippen LogP contribution in [0.5, 0.6) is 0 Å². The molecule has 0 aliphatic heterocycles. The molecule has 0 bridgehead atoms. The molecule has 3 unspecified atom stereocenters. The lowest BCUT2D eigenvalue weighted by atomic mass is 9.98. The zero-order valence-electron chi connectivity index (χ0n) is 11.5. The molecule has 0 aromatic rings. The maximum absolute atomic E-state index is 11.7. The monoisotopic (exact) mass is 242 g/mol. The van der Waals surface area contributed by atoms with Crippen molar-refractivity contribution in [2.45, 2.75) is 64.1 Å². The number of nitrogens with zero attached hydrogens (tertiary/aromatic N) is 1. The number of carbonyl (C=O) groups is 1. The SMILES string of the molecule is CCC(C)N(CC)C1CCC(N)(C(=O)OC)C1. The number of hydrogen-bond donors (Lipinski definition) is 1. The minimum absolute atomic E-state index is 0.264. The minimum atomic E-state index is -0.764. The van der Waals surface area contributed by atoms with Gasteiger partial charge in [0, 0.05) is 12.1 Å². The fraction of sp³-hybridized carbons (Fsp3) is 0.923. The zero-order valence-corrected chi connectivity index (χ0v) is 11.5. The van der Waals surface area contributed by atoms with E-state index in [0.29, 0.717) is 12.1 Å². The van der Waals surface area contributed by atoms with Crippen molar-refractivity contribution < 1.29 is 9.53 Å². The third-order valence-corrected chi connectivity index (χ3v) is 4.11. The lowest BCUT2D eigenvalue weighted by Crippen LogP contribution is -2.49. The van der Waals surface area contributed by atoms with Gasteiger partial charge in [0.15, 0.2) is 0 Å². The first kappa shape index (κ1) is 14.5. The third kappa shape index (κ3) is 2.99. The van der Waals surface area contributed by atoms with Crippen LogP contribution in [0, 0.1) is 0 Å². The summed E-state index contributed by atoms with van der Waals surface area (Å²) in [5.74, 6) is -0.264. The number of carbonyl (C=O) groups excluding carboxylic acids is 1. The molecule has 0 heterocycles. The summed E-state index contributed by atoms with van der Waals surface area (Å²) in [6.45, 7) is 7.61. The predicted molar refractivity (Wildman–Crippen MR) is 68.7 cm³/mol. The first-order chi connectivity index (χ1) is 7.98. The average Bonchev–Trinajstić information content (AvgIpc) is 2.72. The lowest BCUT2D eigenvalue weighted by Gasteiger charge is -2.33. The molecule has 1 aliphatic rings. The smallest absolute Gasteiger partial charge is 0.325 e. The van der Waals surface area contributed by atoms with Gasteiger partial charge in [-0.3, -0.25) is 9.69 Å². The van der Waals surface area contributed by atoms with Gasteiger partial charge in [-0.1, -0.05) is 13.8 Å². The summed E-state index contributed by atoms with van der Waals surface area (Å²) in [5.41, 5.74) is 5.37. The molecule has 0 aromatic heterocycles. The Morgan fingerprint density at radius 3 is 2.71 bits per heavy atom. The van der Waals surface area contributed by atoms with Crippen molar-refractivity contribution >= 4 is 5.97 Å². The topological polar surface area (TPSA) is 55.6 Å². The van der Waals surface area contributed by atoms with Crippen LogP contribution in [-0.2, 0) is 9.53 Å². The van der Waals surface area contributed by atoms with Crippen LogP contribution in [0.2, 0.25) is 0 Å². The highest BCUT2D eigenvalue weighted by Crippen LogP contribution is 2.33. The fourth-order valence-electron chi connectivity index (χ4n) is 2.88. The van der Waals surface area contributed by atoms with E-state index in [2.05, 4.69) is 25.7 Å². The van der Waals surface area contributed by atoms with E-state index < -0.39 is 5.54 Å². The van der Waals surface area contributed by atoms with Crippen molar-refractivity contribution in [1.82, 2.24) is 4.90 Å². The van der Waals surface area contributed by atoms with Crippen LogP contribution in [0.3, 0.4) is 0 Å². The Bertz CT molecular complexity index is 270. The van der Waals surface area contributed by atoms with Crippen molar-refractivity contribution in [3.8, 4) is 0 Å². The summed E-state index contributed by atoms with van der Waals surface area (Å²) in [4.78, 5) is 14.1. The molecular weight excluding hydrogens is 216 g/mol. The molecule has 0 spiro atoms. The highest BCUT2D eigenvalue weighted by atomic mass is 16.5.